The lowest BCUT2D eigenvalue weighted by Crippen LogP contribution is -2.50. The molecule has 28 heavy (non-hydrogen) atoms. The summed E-state index contributed by atoms with van der Waals surface area (Å²) in [5.74, 6) is 0. The lowest BCUT2D eigenvalue weighted by atomic mass is 10.0. The summed E-state index contributed by atoms with van der Waals surface area (Å²) in [5.41, 5.74) is 3.22. The summed E-state index contributed by atoms with van der Waals surface area (Å²) in [7, 11) is 1.84. The molecule has 0 unspecified atom stereocenters. The molecule has 0 aliphatic carbocycles. The van der Waals surface area contributed by atoms with E-state index in [4.69, 9.17) is 0 Å². The number of carbonyl (C=O) groups is 1. The van der Waals surface area contributed by atoms with Gasteiger partial charge in [-0.2, -0.15) is 0 Å². The summed E-state index contributed by atoms with van der Waals surface area (Å²) >= 11 is 0. The van der Waals surface area contributed by atoms with Gasteiger partial charge in [-0.05, 0) is 37.1 Å². The maximum absolute atomic E-state index is 12.7. The van der Waals surface area contributed by atoms with Gasteiger partial charge in [0.15, 0.2) is 0 Å². The molecule has 1 aromatic carbocycles. The zero-order valence-electron chi connectivity index (χ0n) is 16.3. The summed E-state index contributed by atoms with van der Waals surface area (Å²) in [6.07, 6.45) is 5.95. The SMILES string of the molecule is CN(Cc1cnc2ccccn12)C(=O)N[C@@H]1CCCN(Cc2ccccc2)C1. The first-order valence-corrected chi connectivity index (χ1v) is 9.88. The van der Waals surface area contributed by atoms with Gasteiger partial charge in [0.05, 0.1) is 18.4 Å². The average Bonchev–Trinajstić information content (AvgIpc) is 3.12. The minimum absolute atomic E-state index is 0.0301. The molecule has 1 fully saturated rings. The van der Waals surface area contributed by atoms with E-state index in [1.54, 1.807) is 4.90 Å². The van der Waals surface area contributed by atoms with E-state index in [2.05, 4.69) is 39.5 Å². The molecule has 1 saturated heterocycles. The van der Waals surface area contributed by atoms with Crippen LogP contribution in [0.4, 0.5) is 4.79 Å². The van der Waals surface area contributed by atoms with Crippen molar-refractivity contribution in [2.24, 2.45) is 0 Å². The van der Waals surface area contributed by atoms with Gasteiger partial charge in [0.2, 0.25) is 0 Å². The molecule has 1 N–H and O–H groups in total. The number of carbonyl (C=O) groups excluding carboxylic acids is 1. The fourth-order valence-corrected chi connectivity index (χ4v) is 3.86. The number of fused-ring (bicyclic) bond motifs is 1. The van der Waals surface area contributed by atoms with Gasteiger partial charge in [0.1, 0.15) is 5.65 Å². The number of hydrogen-bond donors (Lipinski definition) is 1. The summed E-state index contributed by atoms with van der Waals surface area (Å²) < 4.78 is 2.02. The molecule has 0 spiro atoms. The number of benzene rings is 1. The Balaban J connectivity index is 1.32. The zero-order chi connectivity index (χ0) is 19.3. The monoisotopic (exact) mass is 377 g/mol. The van der Waals surface area contributed by atoms with Crippen LogP contribution < -0.4 is 5.32 Å². The Morgan fingerprint density at radius 1 is 1.21 bits per heavy atom. The maximum atomic E-state index is 12.7. The van der Waals surface area contributed by atoms with E-state index in [0.717, 1.165) is 43.8 Å². The van der Waals surface area contributed by atoms with E-state index in [9.17, 15) is 4.79 Å². The van der Waals surface area contributed by atoms with Crippen molar-refractivity contribution in [1.29, 1.82) is 0 Å². The van der Waals surface area contributed by atoms with Crippen LogP contribution in [0.15, 0.2) is 60.9 Å². The minimum atomic E-state index is -0.0301. The summed E-state index contributed by atoms with van der Waals surface area (Å²) in [4.78, 5) is 21.3. The molecule has 6 heteroatoms. The molecule has 1 atom stereocenters. The molecular formula is C22H27N5O. The van der Waals surface area contributed by atoms with Crippen LogP contribution in [-0.2, 0) is 13.1 Å². The van der Waals surface area contributed by atoms with Gasteiger partial charge >= 0.3 is 6.03 Å². The number of nitrogens with zero attached hydrogens (tertiary/aromatic N) is 4. The number of hydrogen-bond acceptors (Lipinski definition) is 3. The summed E-state index contributed by atoms with van der Waals surface area (Å²) in [6.45, 7) is 3.44. The van der Waals surface area contributed by atoms with Crippen molar-refractivity contribution >= 4 is 11.7 Å². The highest BCUT2D eigenvalue weighted by Gasteiger charge is 2.23. The van der Waals surface area contributed by atoms with E-state index in [1.165, 1.54) is 5.56 Å². The number of nitrogens with one attached hydrogen (secondary N) is 1. The number of likely N-dealkylation sites (tertiary alicyclic amines) is 1. The van der Waals surface area contributed by atoms with Crippen molar-refractivity contribution in [3.63, 3.8) is 0 Å². The van der Waals surface area contributed by atoms with E-state index in [-0.39, 0.29) is 12.1 Å². The molecule has 1 aliphatic heterocycles. The third-order valence-corrected chi connectivity index (χ3v) is 5.32. The second-order valence-corrected chi connectivity index (χ2v) is 7.54. The van der Waals surface area contributed by atoms with Gasteiger partial charge in [-0.15, -0.1) is 0 Å². The maximum Gasteiger partial charge on any atom is 0.317 e. The molecule has 0 bridgehead atoms. The van der Waals surface area contributed by atoms with Crippen molar-refractivity contribution < 1.29 is 4.79 Å². The van der Waals surface area contributed by atoms with Crippen molar-refractivity contribution in [3.05, 3.63) is 72.2 Å². The van der Waals surface area contributed by atoms with E-state index >= 15 is 0 Å². The Morgan fingerprint density at radius 3 is 2.89 bits per heavy atom. The molecule has 0 radical (unpaired) electrons. The van der Waals surface area contributed by atoms with Gasteiger partial charge in [0.25, 0.3) is 0 Å². The van der Waals surface area contributed by atoms with Crippen LogP contribution in [-0.4, -0.2) is 51.4 Å². The topological polar surface area (TPSA) is 52.9 Å². The lowest BCUT2D eigenvalue weighted by Gasteiger charge is -2.34. The minimum Gasteiger partial charge on any atom is -0.334 e. The number of urea groups is 1. The Labute approximate surface area is 165 Å². The predicted octanol–water partition coefficient (Wildman–Crippen LogP) is 3.14. The molecule has 3 heterocycles. The fraction of sp³-hybridized carbons (Fsp3) is 0.364. The smallest absolute Gasteiger partial charge is 0.317 e. The zero-order valence-corrected chi connectivity index (χ0v) is 16.3. The van der Waals surface area contributed by atoms with Crippen molar-refractivity contribution in [3.8, 4) is 0 Å². The van der Waals surface area contributed by atoms with Crippen LogP contribution in [0.5, 0.6) is 0 Å². The second kappa shape index (κ2) is 8.44. The van der Waals surface area contributed by atoms with E-state index in [0.29, 0.717) is 6.54 Å². The van der Waals surface area contributed by atoms with Crippen molar-refractivity contribution in [1.82, 2.24) is 24.5 Å². The fourth-order valence-electron chi connectivity index (χ4n) is 3.86. The molecule has 2 amide bonds. The highest BCUT2D eigenvalue weighted by molar-refractivity contribution is 5.74. The summed E-state index contributed by atoms with van der Waals surface area (Å²) in [5, 5.41) is 3.21. The third-order valence-electron chi connectivity index (χ3n) is 5.32. The molecule has 146 valence electrons. The second-order valence-electron chi connectivity index (χ2n) is 7.54. The normalized spacial score (nSPS) is 17.5. The van der Waals surface area contributed by atoms with Crippen LogP contribution in [0.1, 0.15) is 24.1 Å². The third kappa shape index (κ3) is 4.34. The molecule has 3 aromatic rings. The van der Waals surface area contributed by atoms with E-state index in [1.807, 2.05) is 48.1 Å². The Kier molecular flexibility index (Phi) is 5.58. The Morgan fingerprint density at radius 2 is 2.04 bits per heavy atom. The molecule has 6 nitrogen and oxygen atoms in total. The molecule has 2 aromatic heterocycles. The average molecular weight is 377 g/mol. The molecule has 1 aliphatic rings. The van der Waals surface area contributed by atoms with Gasteiger partial charge in [0, 0.05) is 32.4 Å². The Bertz CT molecular complexity index is 923. The number of imidazole rings is 1. The highest BCUT2D eigenvalue weighted by atomic mass is 16.2. The van der Waals surface area contributed by atoms with Crippen LogP contribution in [0, 0.1) is 0 Å². The van der Waals surface area contributed by atoms with Gasteiger partial charge in [-0.25, -0.2) is 9.78 Å². The molecular weight excluding hydrogens is 350 g/mol. The predicted molar refractivity (Wildman–Crippen MR) is 110 cm³/mol. The van der Waals surface area contributed by atoms with Gasteiger partial charge in [-0.1, -0.05) is 36.4 Å². The quantitative estimate of drug-likeness (QED) is 0.743. The first kappa shape index (κ1) is 18.5. The first-order chi connectivity index (χ1) is 13.7. The van der Waals surface area contributed by atoms with Crippen molar-refractivity contribution in [2.75, 3.05) is 20.1 Å². The van der Waals surface area contributed by atoms with Crippen LogP contribution in [0.2, 0.25) is 0 Å². The Hall–Kier alpha value is -2.86. The summed E-state index contributed by atoms with van der Waals surface area (Å²) in [6, 6.07) is 16.6. The number of piperidine rings is 1. The molecule has 0 saturated carbocycles. The standard InChI is InChI=1S/C22H27N5O/c1-25(17-20-14-23-21-11-5-6-13-27(20)21)22(28)24-19-10-7-12-26(16-19)15-18-8-3-2-4-9-18/h2-6,8-9,11,13-14,19H,7,10,12,15-17H2,1H3,(H,24,28)/t19-/m1/s1. The first-order valence-electron chi connectivity index (χ1n) is 9.88. The van der Waals surface area contributed by atoms with Gasteiger partial charge in [-0.3, -0.25) is 4.90 Å². The number of pyridine rings is 1. The van der Waals surface area contributed by atoms with E-state index < -0.39 is 0 Å². The van der Waals surface area contributed by atoms with Gasteiger partial charge < -0.3 is 14.6 Å². The lowest BCUT2D eigenvalue weighted by molar-refractivity contribution is 0.167. The van der Waals surface area contributed by atoms with Crippen LogP contribution in [0.3, 0.4) is 0 Å². The van der Waals surface area contributed by atoms with Crippen molar-refractivity contribution in [2.45, 2.75) is 32.0 Å². The number of rotatable bonds is 5. The molecule has 4 rings (SSSR count). The van der Waals surface area contributed by atoms with Crippen LogP contribution in [0.25, 0.3) is 5.65 Å². The number of amides is 2. The largest absolute Gasteiger partial charge is 0.334 e. The highest BCUT2D eigenvalue weighted by Crippen LogP contribution is 2.14. The number of aromatic nitrogens is 2. The van der Waals surface area contributed by atoms with Crippen LogP contribution >= 0.6 is 0 Å².